The maximum Gasteiger partial charge on any atom is 0.328 e. The summed E-state index contributed by atoms with van der Waals surface area (Å²) in [6, 6.07) is 0. The zero-order valence-corrected chi connectivity index (χ0v) is 7.57. The highest BCUT2D eigenvalue weighted by Crippen LogP contribution is 2.12. The number of carboxylic acid groups (broad SMARTS) is 1. The molecule has 0 saturated carbocycles. The van der Waals surface area contributed by atoms with Crippen LogP contribution < -0.4 is 5.32 Å². The predicted octanol–water partition coefficient (Wildman–Crippen LogP) is 1.18. The van der Waals surface area contributed by atoms with Crippen LogP contribution >= 0.6 is 0 Å². The van der Waals surface area contributed by atoms with Crippen LogP contribution in [0, 0.1) is 5.92 Å². The standard InChI is InChI=1S/C10H15NO2/c12-10(13)4-2-1-3-9-5-7-11-8-6-9/h1-4,9,11H,5-8H2,(H,12,13). The maximum absolute atomic E-state index is 10.1. The number of carboxylic acids is 1. The monoisotopic (exact) mass is 181 g/mol. The summed E-state index contributed by atoms with van der Waals surface area (Å²) in [5.41, 5.74) is 0. The number of piperidine rings is 1. The third-order valence-corrected chi connectivity index (χ3v) is 2.12. The minimum atomic E-state index is -0.894. The highest BCUT2D eigenvalue weighted by Gasteiger charge is 2.08. The smallest absolute Gasteiger partial charge is 0.328 e. The van der Waals surface area contributed by atoms with Crippen LogP contribution in [0.5, 0.6) is 0 Å². The minimum absolute atomic E-state index is 0.611. The molecule has 0 aromatic rings. The first kappa shape index (κ1) is 9.99. The van der Waals surface area contributed by atoms with E-state index in [4.69, 9.17) is 5.11 Å². The molecule has 0 amide bonds. The highest BCUT2D eigenvalue weighted by atomic mass is 16.4. The van der Waals surface area contributed by atoms with E-state index in [0.717, 1.165) is 32.0 Å². The van der Waals surface area contributed by atoms with Gasteiger partial charge in [-0.3, -0.25) is 0 Å². The molecular weight excluding hydrogens is 166 g/mol. The average Bonchev–Trinajstić information content (AvgIpc) is 2.14. The molecule has 1 aliphatic rings. The molecule has 1 heterocycles. The Kier molecular flexibility index (Phi) is 4.26. The van der Waals surface area contributed by atoms with Crippen LogP contribution in [0.4, 0.5) is 0 Å². The lowest BCUT2D eigenvalue weighted by molar-refractivity contribution is -0.131. The van der Waals surface area contributed by atoms with Crippen LogP contribution in [0.1, 0.15) is 12.8 Å². The Morgan fingerprint density at radius 2 is 2.00 bits per heavy atom. The van der Waals surface area contributed by atoms with Crippen molar-refractivity contribution in [2.75, 3.05) is 13.1 Å². The molecule has 1 rings (SSSR count). The summed E-state index contributed by atoms with van der Waals surface area (Å²) in [6.07, 6.45) is 8.93. The quantitative estimate of drug-likeness (QED) is 0.508. The van der Waals surface area contributed by atoms with E-state index in [2.05, 4.69) is 11.4 Å². The van der Waals surface area contributed by atoms with Crippen molar-refractivity contribution in [1.82, 2.24) is 5.32 Å². The van der Waals surface area contributed by atoms with E-state index in [-0.39, 0.29) is 0 Å². The van der Waals surface area contributed by atoms with Gasteiger partial charge in [0.05, 0.1) is 0 Å². The van der Waals surface area contributed by atoms with Crippen molar-refractivity contribution < 1.29 is 9.90 Å². The van der Waals surface area contributed by atoms with E-state index >= 15 is 0 Å². The first-order chi connectivity index (χ1) is 6.29. The van der Waals surface area contributed by atoms with Crippen LogP contribution in [0.3, 0.4) is 0 Å². The number of nitrogens with one attached hydrogen (secondary N) is 1. The van der Waals surface area contributed by atoms with Crippen molar-refractivity contribution in [2.45, 2.75) is 12.8 Å². The molecule has 1 saturated heterocycles. The lowest BCUT2D eigenvalue weighted by Gasteiger charge is -2.18. The van der Waals surface area contributed by atoms with Gasteiger partial charge in [0.15, 0.2) is 0 Å². The van der Waals surface area contributed by atoms with Crippen molar-refractivity contribution in [3.05, 3.63) is 24.3 Å². The van der Waals surface area contributed by atoms with Crippen LogP contribution in [-0.4, -0.2) is 24.2 Å². The average molecular weight is 181 g/mol. The van der Waals surface area contributed by atoms with Gasteiger partial charge in [-0.25, -0.2) is 4.79 Å². The Bertz CT molecular complexity index is 215. The van der Waals surface area contributed by atoms with Gasteiger partial charge in [-0.05, 0) is 31.8 Å². The number of allylic oxidation sites excluding steroid dienone is 3. The first-order valence-corrected chi connectivity index (χ1v) is 4.57. The summed E-state index contributed by atoms with van der Waals surface area (Å²) in [5, 5.41) is 11.6. The van der Waals surface area contributed by atoms with Gasteiger partial charge in [0, 0.05) is 6.08 Å². The predicted molar refractivity (Wildman–Crippen MR) is 51.5 cm³/mol. The molecule has 13 heavy (non-hydrogen) atoms. The number of hydrogen-bond acceptors (Lipinski definition) is 2. The van der Waals surface area contributed by atoms with Gasteiger partial charge < -0.3 is 10.4 Å². The highest BCUT2D eigenvalue weighted by molar-refractivity contribution is 5.80. The van der Waals surface area contributed by atoms with Crippen molar-refractivity contribution in [2.24, 2.45) is 5.92 Å². The minimum Gasteiger partial charge on any atom is -0.478 e. The Labute approximate surface area is 78.1 Å². The molecule has 0 bridgehead atoms. The molecule has 3 nitrogen and oxygen atoms in total. The van der Waals surface area contributed by atoms with E-state index in [9.17, 15) is 4.79 Å². The second kappa shape index (κ2) is 5.54. The molecule has 3 heteroatoms. The van der Waals surface area contributed by atoms with Crippen LogP contribution in [0.15, 0.2) is 24.3 Å². The van der Waals surface area contributed by atoms with Crippen LogP contribution in [0.2, 0.25) is 0 Å². The summed E-state index contributed by atoms with van der Waals surface area (Å²) in [7, 11) is 0. The van der Waals surface area contributed by atoms with E-state index in [0.29, 0.717) is 5.92 Å². The van der Waals surface area contributed by atoms with Crippen molar-refractivity contribution in [3.8, 4) is 0 Å². The first-order valence-electron chi connectivity index (χ1n) is 4.57. The van der Waals surface area contributed by atoms with E-state index in [1.807, 2.05) is 6.08 Å². The zero-order chi connectivity index (χ0) is 9.52. The van der Waals surface area contributed by atoms with Gasteiger partial charge >= 0.3 is 5.97 Å². The molecule has 0 aromatic carbocycles. The topological polar surface area (TPSA) is 49.3 Å². The summed E-state index contributed by atoms with van der Waals surface area (Å²) in [4.78, 5) is 10.1. The second-order valence-corrected chi connectivity index (χ2v) is 3.17. The van der Waals surface area contributed by atoms with Gasteiger partial charge in [-0.1, -0.05) is 18.2 Å². The van der Waals surface area contributed by atoms with Crippen molar-refractivity contribution in [1.29, 1.82) is 0 Å². The summed E-state index contributed by atoms with van der Waals surface area (Å²) < 4.78 is 0. The molecule has 72 valence electrons. The fourth-order valence-corrected chi connectivity index (χ4v) is 1.40. The summed E-state index contributed by atoms with van der Waals surface area (Å²) in [6.45, 7) is 2.13. The van der Waals surface area contributed by atoms with Crippen LogP contribution in [-0.2, 0) is 4.79 Å². The third kappa shape index (κ3) is 4.48. The van der Waals surface area contributed by atoms with Crippen LogP contribution in [0.25, 0.3) is 0 Å². The lowest BCUT2D eigenvalue weighted by atomic mass is 9.98. The second-order valence-electron chi connectivity index (χ2n) is 3.17. The van der Waals surface area contributed by atoms with E-state index in [1.54, 1.807) is 6.08 Å². The number of carbonyl (C=O) groups is 1. The Balaban J connectivity index is 2.25. The molecule has 0 atom stereocenters. The lowest BCUT2D eigenvalue weighted by Crippen LogP contribution is -2.26. The Hall–Kier alpha value is -1.09. The molecule has 1 fully saturated rings. The molecular formula is C10H15NO2. The summed E-state index contributed by atoms with van der Waals surface area (Å²) >= 11 is 0. The largest absolute Gasteiger partial charge is 0.478 e. The molecule has 0 spiro atoms. The normalized spacial score (nSPS) is 20.0. The van der Waals surface area contributed by atoms with Crippen molar-refractivity contribution in [3.63, 3.8) is 0 Å². The van der Waals surface area contributed by atoms with Crippen molar-refractivity contribution >= 4 is 5.97 Å². The van der Waals surface area contributed by atoms with Gasteiger partial charge in [-0.15, -0.1) is 0 Å². The Morgan fingerprint density at radius 3 is 2.62 bits per heavy atom. The molecule has 0 aromatic heterocycles. The molecule has 2 N–H and O–H groups in total. The fourth-order valence-electron chi connectivity index (χ4n) is 1.40. The van der Waals surface area contributed by atoms with Gasteiger partial charge in [0.25, 0.3) is 0 Å². The third-order valence-electron chi connectivity index (χ3n) is 2.12. The number of rotatable bonds is 3. The number of aliphatic carboxylic acids is 1. The van der Waals surface area contributed by atoms with E-state index < -0.39 is 5.97 Å². The maximum atomic E-state index is 10.1. The van der Waals surface area contributed by atoms with Gasteiger partial charge in [-0.2, -0.15) is 0 Å². The SMILES string of the molecule is O=C(O)C=CC=CC1CCNCC1. The Morgan fingerprint density at radius 1 is 1.31 bits per heavy atom. The zero-order valence-electron chi connectivity index (χ0n) is 7.57. The molecule has 0 radical (unpaired) electrons. The van der Waals surface area contributed by atoms with Gasteiger partial charge in [0.2, 0.25) is 0 Å². The molecule has 0 unspecified atom stereocenters. The molecule has 1 aliphatic heterocycles. The molecule has 0 aliphatic carbocycles. The van der Waals surface area contributed by atoms with E-state index in [1.165, 1.54) is 0 Å². The fraction of sp³-hybridized carbons (Fsp3) is 0.500. The number of hydrogen-bond donors (Lipinski definition) is 2. The summed E-state index contributed by atoms with van der Waals surface area (Å²) in [5.74, 6) is -0.283. The van der Waals surface area contributed by atoms with Gasteiger partial charge in [0.1, 0.15) is 0 Å².